The van der Waals surface area contributed by atoms with E-state index in [-0.39, 0.29) is 14.9 Å². The quantitative estimate of drug-likeness (QED) is 0.568. The van der Waals surface area contributed by atoms with E-state index in [0.717, 1.165) is 0 Å². The van der Waals surface area contributed by atoms with Crippen molar-refractivity contribution in [3.05, 3.63) is 56.7 Å². The van der Waals surface area contributed by atoms with E-state index in [1.54, 1.807) is 31.2 Å². The second-order valence-electron chi connectivity index (χ2n) is 4.61. The van der Waals surface area contributed by atoms with Crippen LogP contribution in [0.2, 0.25) is 10.0 Å². The predicted octanol–water partition coefficient (Wildman–Crippen LogP) is 4.65. The van der Waals surface area contributed by atoms with Crippen molar-refractivity contribution in [2.24, 2.45) is 0 Å². The van der Waals surface area contributed by atoms with Gasteiger partial charge in [-0.2, -0.15) is 0 Å². The van der Waals surface area contributed by atoms with Crippen molar-refractivity contribution in [2.75, 3.05) is 0 Å². The van der Waals surface area contributed by atoms with E-state index in [2.05, 4.69) is 20.9 Å². The number of imidazole rings is 1. The zero-order valence-electron chi connectivity index (χ0n) is 11.2. The van der Waals surface area contributed by atoms with Gasteiger partial charge in [-0.25, -0.2) is 17.4 Å². The first kappa shape index (κ1) is 15.8. The summed E-state index contributed by atoms with van der Waals surface area (Å²) in [6.45, 7) is 1.64. The number of aryl methyl sites for hydroxylation is 1. The highest BCUT2D eigenvalue weighted by Gasteiger charge is 2.25. The lowest BCUT2D eigenvalue weighted by molar-refractivity contribution is 0.587. The fourth-order valence-electron chi connectivity index (χ4n) is 2.23. The molecule has 1 heterocycles. The van der Waals surface area contributed by atoms with Crippen molar-refractivity contribution < 1.29 is 8.42 Å². The molecule has 3 aromatic rings. The van der Waals surface area contributed by atoms with E-state index in [1.807, 2.05) is 0 Å². The first-order chi connectivity index (χ1) is 10.3. The zero-order valence-corrected chi connectivity index (χ0v) is 15.1. The smallest absolute Gasteiger partial charge is 0.232 e. The monoisotopic (exact) mass is 418 g/mol. The summed E-state index contributed by atoms with van der Waals surface area (Å²) in [6.07, 6.45) is 0. The Kier molecular flexibility index (Phi) is 3.97. The lowest BCUT2D eigenvalue weighted by atomic mass is 10.3. The number of para-hydroxylation sites is 2. The highest BCUT2D eigenvalue weighted by Crippen LogP contribution is 2.34. The van der Waals surface area contributed by atoms with Crippen molar-refractivity contribution in [1.82, 2.24) is 8.96 Å². The lowest BCUT2D eigenvalue weighted by Crippen LogP contribution is -2.15. The first-order valence-corrected chi connectivity index (χ1v) is 9.15. The van der Waals surface area contributed by atoms with Crippen LogP contribution in [0, 0.1) is 6.92 Å². The SMILES string of the molecule is Cc1nc2ccccc2n1S(=O)(=O)c1cc(Cl)c(Cl)cc1Br. The third-order valence-corrected chi connectivity index (χ3v) is 6.65. The maximum atomic E-state index is 13.0. The fraction of sp³-hybridized carbons (Fsp3) is 0.0714. The van der Waals surface area contributed by atoms with Gasteiger partial charge in [0.2, 0.25) is 0 Å². The van der Waals surface area contributed by atoms with Gasteiger partial charge < -0.3 is 0 Å². The standard InChI is InChI=1S/C14H9BrCl2N2O2S/c1-8-18-12-4-2-3-5-13(12)19(8)22(20,21)14-7-11(17)10(16)6-9(14)15/h2-7H,1H3. The van der Waals surface area contributed by atoms with Crippen LogP contribution in [0.3, 0.4) is 0 Å². The minimum Gasteiger partial charge on any atom is -0.232 e. The summed E-state index contributed by atoms with van der Waals surface area (Å²) in [5.41, 5.74) is 1.12. The Balaban J connectivity index is 2.34. The zero-order chi connectivity index (χ0) is 16.1. The highest BCUT2D eigenvalue weighted by atomic mass is 79.9. The van der Waals surface area contributed by atoms with Crippen LogP contribution >= 0.6 is 39.1 Å². The Bertz CT molecular complexity index is 999. The van der Waals surface area contributed by atoms with Gasteiger partial charge in [-0.15, -0.1) is 0 Å². The second-order valence-corrected chi connectivity index (χ2v) is 8.04. The number of hydrogen-bond donors (Lipinski definition) is 0. The Labute approximate surface area is 145 Å². The molecule has 0 atom stereocenters. The summed E-state index contributed by atoms with van der Waals surface area (Å²) in [5.74, 6) is 0.374. The number of rotatable bonds is 2. The van der Waals surface area contributed by atoms with Crippen LogP contribution in [0.1, 0.15) is 5.82 Å². The van der Waals surface area contributed by atoms with E-state index in [0.29, 0.717) is 21.3 Å². The molecule has 4 nitrogen and oxygen atoms in total. The van der Waals surface area contributed by atoms with Gasteiger partial charge in [0.25, 0.3) is 10.0 Å². The summed E-state index contributed by atoms with van der Waals surface area (Å²) in [6, 6.07) is 9.83. The van der Waals surface area contributed by atoms with Crippen molar-refractivity contribution in [1.29, 1.82) is 0 Å². The minimum absolute atomic E-state index is 0.0353. The van der Waals surface area contributed by atoms with E-state index in [4.69, 9.17) is 23.2 Å². The first-order valence-electron chi connectivity index (χ1n) is 6.16. The van der Waals surface area contributed by atoms with Crippen molar-refractivity contribution in [3.63, 3.8) is 0 Å². The molecule has 0 saturated heterocycles. The molecule has 0 unspecified atom stereocenters. The van der Waals surface area contributed by atoms with Gasteiger partial charge in [-0.1, -0.05) is 35.3 Å². The highest BCUT2D eigenvalue weighted by molar-refractivity contribution is 9.10. The summed E-state index contributed by atoms with van der Waals surface area (Å²) < 4.78 is 27.6. The van der Waals surface area contributed by atoms with Gasteiger partial charge in [0.1, 0.15) is 10.7 Å². The molecule has 1 aromatic heterocycles. The molecule has 3 rings (SSSR count). The molecule has 22 heavy (non-hydrogen) atoms. The largest absolute Gasteiger partial charge is 0.270 e. The van der Waals surface area contributed by atoms with Crippen LogP contribution in [0.25, 0.3) is 11.0 Å². The summed E-state index contributed by atoms with van der Waals surface area (Å²) in [7, 11) is -3.86. The molecule has 0 N–H and O–H groups in total. The molecular formula is C14H9BrCl2N2O2S. The van der Waals surface area contributed by atoms with Gasteiger partial charge in [-0.3, -0.25) is 0 Å². The van der Waals surface area contributed by atoms with Crippen LogP contribution in [0.4, 0.5) is 0 Å². The van der Waals surface area contributed by atoms with Gasteiger partial charge in [0.15, 0.2) is 0 Å². The van der Waals surface area contributed by atoms with E-state index >= 15 is 0 Å². The second kappa shape index (κ2) is 5.53. The maximum absolute atomic E-state index is 13.0. The molecule has 0 bridgehead atoms. The average Bonchev–Trinajstić information content (AvgIpc) is 2.79. The number of aromatic nitrogens is 2. The summed E-state index contributed by atoms with van der Waals surface area (Å²) in [4.78, 5) is 4.32. The van der Waals surface area contributed by atoms with Gasteiger partial charge in [0, 0.05) is 4.47 Å². The summed E-state index contributed by atoms with van der Waals surface area (Å²) in [5, 5.41) is 0.449. The third-order valence-electron chi connectivity index (χ3n) is 3.17. The molecule has 0 saturated carbocycles. The molecule has 2 aromatic carbocycles. The number of halogens is 3. The maximum Gasteiger partial charge on any atom is 0.270 e. The Morgan fingerprint density at radius 1 is 1.14 bits per heavy atom. The molecule has 0 aliphatic carbocycles. The molecule has 0 aliphatic rings. The molecule has 114 valence electrons. The van der Waals surface area contributed by atoms with Crippen LogP contribution in [-0.2, 0) is 10.0 Å². The van der Waals surface area contributed by atoms with Crippen LogP contribution in [-0.4, -0.2) is 17.4 Å². The van der Waals surface area contributed by atoms with E-state index in [1.165, 1.54) is 16.1 Å². The Hall–Kier alpha value is -1.08. The van der Waals surface area contributed by atoms with Crippen LogP contribution < -0.4 is 0 Å². The predicted molar refractivity (Wildman–Crippen MR) is 91.2 cm³/mol. The molecule has 0 amide bonds. The van der Waals surface area contributed by atoms with Gasteiger partial charge in [0.05, 0.1) is 21.1 Å². The molecular weight excluding hydrogens is 411 g/mol. The number of benzene rings is 2. The van der Waals surface area contributed by atoms with E-state index < -0.39 is 10.0 Å². The van der Waals surface area contributed by atoms with Gasteiger partial charge >= 0.3 is 0 Å². The van der Waals surface area contributed by atoms with Crippen molar-refractivity contribution in [2.45, 2.75) is 11.8 Å². The molecule has 0 spiro atoms. The van der Waals surface area contributed by atoms with Crippen molar-refractivity contribution >= 4 is 60.2 Å². The molecule has 0 aliphatic heterocycles. The topological polar surface area (TPSA) is 52.0 Å². The molecule has 8 heteroatoms. The normalized spacial score (nSPS) is 12.0. The number of nitrogens with zero attached hydrogens (tertiary/aromatic N) is 2. The summed E-state index contributed by atoms with van der Waals surface area (Å²) >= 11 is 15.1. The fourth-order valence-corrected chi connectivity index (χ4v) is 5.28. The van der Waals surface area contributed by atoms with Crippen LogP contribution in [0.15, 0.2) is 45.8 Å². The van der Waals surface area contributed by atoms with E-state index in [9.17, 15) is 8.42 Å². The average molecular weight is 420 g/mol. The third kappa shape index (κ3) is 2.44. The van der Waals surface area contributed by atoms with Crippen LogP contribution in [0.5, 0.6) is 0 Å². The molecule has 0 radical (unpaired) electrons. The van der Waals surface area contributed by atoms with Crippen molar-refractivity contribution in [3.8, 4) is 0 Å². The Morgan fingerprint density at radius 2 is 1.77 bits per heavy atom. The Morgan fingerprint density at radius 3 is 2.50 bits per heavy atom. The lowest BCUT2D eigenvalue weighted by Gasteiger charge is -2.11. The molecule has 0 fully saturated rings. The minimum atomic E-state index is -3.86. The number of fused-ring (bicyclic) bond motifs is 1. The van der Waals surface area contributed by atoms with Gasteiger partial charge in [-0.05, 0) is 47.1 Å². The number of hydrogen-bond acceptors (Lipinski definition) is 3.